The molecular formula is C14H9BrFN3O. The molecule has 0 unspecified atom stereocenters. The van der Waals surface area contributed by atoms with Crippen molar-refractivity contribution in [1.29, 1.82) is 0 Å². The molecule has 0 atom stereocenters. The smallest absolute Gasteiger partial charge is 0.171 e. The molecule has 4 nitrogen and oxygen atoms in total. The maximum atomic E-state index is 13.3. The van der Waals surface area contributed by atoms with Gasteiger partial charge < -0.3 is 0 Å². The fourth-order valence-corrected chi connectivity index (χ4v) is 2.56. The van der Waals surface area contributed by atoms with Gasteiger partial charge in [0.05, 0.1) is 23.5 Å². The van der Waals surface area contributed by atoms with Crippen molar-refractivity contribution >= 4 is 27.2 Å². The minimum atomic E-state index is -0.372. The van der Waals surface area contributed by atoms with Crippen LogP contribution in [0.2, 0.25) is 0 Å². The number of benzene rings is 1. The molecule has 3 rings (SSSR count). The summed E-state index contributed by atoms with van der Waals surface area (Å²) in [6.07, 6.45) is 6.48. The van der Waals surface area contributed by atoms with E-state index < -0.39 is 0 Å². The van der Waals surface area contributed by atoms with Gasteiger partial charge in [0, 0.05) is 23.3 Å². The zero-order chi connectivity index (χ0) is 14.1. The van der Waals surface area contributed by atoms with Crippen molar-refractivity contribution in [3.63, 3.8) is 0 Å². The third-order valence-electron chi connectivity index (χ3n) is 2.91. The number of nitrogens with zero attached hydrogens (tertiary/aromatic N) is 3. The Morgan fingerprint density at radius 2 is 2.15 bits per heavy atom. The van der Waals surface area contributed by atoms with Gasteiger partial charge in [-0.3, -0.25) is 9.78 Å². The number of halogens is 2. The number of hydrogen-bond donors (Lipinski definition) is 0. The van der Waals surface area contributed by atoms with Crippen LogP contribution in [0.1, 0.15) is 15.9 Å². The Balaban J connectivity index is 1.93. The van der Waals surface area contributed by atoms with Crippen LogP contribution < -0.4 is 0 Å². The molecule has 0 saturated carbocycles. The number of ketones is 1. The molecule has 0 aliphatic rings. The van der Waals surface area contributed by atoms with Crippen molar-refractivity contribution in [2.24, 2.45) is 0 Å². The number of carbonyl (C=O) groups excluding carboxylic acids is 1. The first-order chi connectivity index (χ1) is 9.63. The molecule has 0 aliphatic carbocycles. The van der Waals surface area contributed by atoms with E-state index in [0.717, 1.165) is 0 Å². The maximum Gasteiger partial charge on any atom is 0.171 e. The third kappa shape index (κ3) is 2.46. The summed E-state index contributed by atoms with van der Waals surface area (Å²) < 4.78 is 15.5. The summed E-state index contributed by atoms with van der Waals surface area (Å²) in [5.74, 6) is -0.491. The first-order valence-corrected chi connectivity index (χ1v) is 6.68. The van der Waals surface area contributed by atoms with Gasteiger partial charge in [0.15, 0.2) is 5.78 Å². The minimum absolute atomic E-state index is 0.118. The molecule has 0 fully saturated rings. The first-order valence-electron chi connectivity index (χ1n) is 5.89. The highest BCUT2D eigenvalue weighted by atomic mass is 79.9. The normalized spacial score (nSPS) is 10.9. The lowest BCUT2D eigenvalue weighted by molar-refractivity contribution is 0.0994. The summed E-state index contributed by atoms with van der Waals surface area (Å²) >= 11 is 3.21. The highest BCUT2D eigenvalue weighted by Gasteiger charge is 2.14. The standard InChI is InChI=1S/C14H9BrFN3O/c15-10-3-9(4-11(16)6-10)5-14(20)12-7-18-19-2-1-17-8-13(12)19/h1-4,6-8H,5H2. The summed E-state index contributed by atoms with van der Waals surface area (Å²) in [5.41, 5.74) is 1.75. The zero-order valence-electron chi connectivity index (χ0n) is 10.3. The molecule has 0 aliphatic heterocycles. The highest BCUT2D eigenvalue weighted by Crippen LogP contribution is 2.18. The van der Waals surface area contributed by atoms with Crippen LogP contribution in [0.4, 0.5) is 4.39 Å². The van der Waals surface area contributed by atoms with Gasteiger partial charge >= 0.3 is 0 Å². The molecule has 2 heterocycles. The monoisotopic (exact) mass is 333 g/mol. The molecule has 0 bridgehead atoms. The number of rotatable bonds is 3. The van der Waals surface area contributed by atoms with Crippen LogP contribution in [0.15, 0.2) is 47.5 Å². The van der Waals surface area contributed by atoms with Crippen LogP contribution in [0.25, 0.3) is 5.52 Å². The minimum Gasteiger partial charge on any atom is -0.294 e. The van der Waals surface area contributed by atoms with Gasteiger partial charge in [-0.05, 0) is 23.8 Å². The largest absolute Gasteiger partial charge is 0.294 e. The van der Waals surface area contributed by atoms with Crippen LogP contribution in [-0.4, -0.2) is 20.4 Å². The molecule has 6 heteroatoms. The van der Waals surface area contributed by atoms with E-state index in [2.05, 4.69) is 26.0 Å². The van der Waals surface area contributed by atoms with Crippen LogP contribution in [-0.2, 0) is 6.42 Å². The van der Waals surface area contributed by atoms with E-state index in [1.54, 1.807) is 29.2 Å². The number of fused-ring (bicyclic) bond motifs is 1. The Kier molecular flexibility index (Phi) is 3.31. The van der Waals surface area contributed by atoms with Gasteiger partial charge in [0.25, 0.3) is 0 Å². The van der Waals surface area contributed by atoms with Crippen molar-refractivity contribution in [3.05, 3.63) is 64.4 Å². The molecule has 1 aromatic carbocycles. The molecular weight excluding hydrogens is 325 g/mol. The number of hydrogen-bond acceptors (Lipinski definition) is 3. The molecule has 0 spiro atoms. The zero-order valence-corrected chi connectivity index (χ0v) is 11.8. The SMILES string of the molecule is O=C(Cc1cc(F)cc(Br)c1)c1cnn2ccncc12. The maximum absolute atomic E-state index is 13.3. The average Bonchev–Trinajstić information content (AvgIpc) is 2.81. The number of carbonyl (C=O) groups is 1. The lowest BCUT2D eigenvalue weighted by Gasteiger charge is -2.02. The fraction of sp³-hybridized carbons (Fsp3) is 0.0714. The Hall–Kier alpha value is -2.08. The van der Waals surface area contributed by atoms with Crippen LogP contribution >= 0.6 is 15.9 Å². The van der Waals surface area contributed by atoms with Crippen molar-refractivity contribution < 1.29 is 9.18 Å². The molecule has 0 radical (unpaired) electrons. The van der Waals surface area contributed by atoms with Gasteiger partial charge in [0.1, 0.15) is 5.82 Å². The van der Waals surface area contributed by atoms with Crippen molar-refractivity contribution in [2.45, 2.75) is 6.42 Å². The van der Waals surface area contributed by atoms with Gasteiger partial charge in [-0.25, -0.2) is 8.91 Å². The number of aromatic nitrogens is 3. The fourth-order valence-electron chi connectivity index (χ4n) is 2.04. The Morgan fingerprint density at radius 3 is 2.95 bits per heavy atom. The quantitative estimate of drug-likeness (QED) is 0.692. The van der Waals surface area contributed by atoms with Crippen molar-refractivity contribution in [1.82, 2.24) is 14.6 Å². The topological polar surface area (TPSA) is 47.3 Å². The Morgan fingerprint density at radius 1 is 1.30 bits per heavy atom. The van der Waals surface area contributed by atoms with E-state index in [4.69, 9.17) is 0 Å². The molecule has 20 heavy (non-hydrogen) atoms. The van der Waals surface area contributed by atoms with Gasteiger partial charge in [0.2, 0.25) is 0 Å². The summed E-state index contributed by atoms with van der Waals surface area (Å²) in [7, 11) is 0. The van der Waals surface area contributed by atoms with Crippen molar-refractivity contribution in [2.75, 3.05) is 0 Å². The van der Waals surface area contributed by atoms with E-state index in [0.29, 0.717) is 21.1 Å². The Bertz CT molecular complexity index is 780. The molecule has 0 saturated heterocycles. The van der Waals surface area contributed by atoms with Crippen LogP contribution in [0, 0.1) is 5.82 Å². The van der Waals surface area contributed by atoms with E-state index in [-0.39, 0.29) is 18.0 Å². The molecule has 0 amide bonds. The average molecular weight is 334 g/mol. The summed E-state index contributed by atoms with van der Waals surface area (Å²) in [6, 6.07) is 4.44. The predicted molar refractivity (Wildman–Crippen MR) is 75.1 cm³/mol. The lowest BCUT2D eigenvalue weighted by atomic mass is 10.0. The first kappa shape index (κ1) is 12.9. The highest BCUT2D eigenvalue weighted by molar-refractivity contribution is 9.10. The van der Waals surface area contributed by atoms with Gasteiger partial charge in [-0.2, -0.15) is 5.10 Å². The van der Waals surface area contributed by atoms with E-state index in [1.807, 2.05) is 0 Å². The summed E-state index contributed by atoms with van der Waals surface area (Å²) in [4.78, 5) is 16.3. The van der Waals surface area contributed by atoms with E-state index in [1.165, 1.54) is 18.3 Å². The van der Waals surface area contributed by atoms with E-state index >= 15 is 0 Å². The predicted octanol–water partition coefficient (Wildman–Crippen LogP) is 3.06. The molecule has 100 valence electrons. The number of Topliss-reactive ketones (excluding diaryl/α,β-unsaturated/α-hetero) is 1. The lowest BCUT2D eigenvalue weighted by Crippen LogP contribution is -2.03. The second kappa shape index (κ2) is 5.13. The summed E-state index contributed by atoms with van der Waals surface area (Å²) in [6.45, 7) is 0. The van der Waals surface area contributed by atoms with Crippen LogP contribution in [0.3, 0.4) is 0 Å². The van der Waals surface area contributed by atoms with E-state index in [9.17, 15) is 9.18 Å². The van der Waals surface area contributed by atoms with Crippen molar-refractivity contribution in [3.8, 4) is 0 Å². The van der Waals surface area contributed by atoms with Gasteiger partial charge in [-0.15, -0.1) is 0 Å². The van der Waals surface area contributed by atoms with Crippen LogP contribution in [0.5, 0.6) is 0 Å². The second-order valence-corrected chi connectivity index (χ2v) is 5.26. The second-order valence-electron chi connectivity index (χ2n) is 4.34. The third-order valence-corrected chi connectivity index (χ3v) is 3.37. The summed E-state index contributed by atoms with van der Waals surface area (Å²) in [5, 5.41) is 4.09. The Labute approximate surface area is 122 Å². The van der Waals surface area contributed by atoms with Gasteiger partial charge in [-0.1, -0.05) is 15.9 Å². The molecule has 2 aromatic heterocycles. The molecule has 3 aromatic rings. The molecule has 0 N–H and O–H groups in total.